The second-order valence-corrected chi connectivity index (χ2v) is 6.24. The SMILES string of the molecule is CC(NC(=O)C1CC(F)(F)CN1)c1ccc2c(c1)CC(=O)N2C.Cl. The van der Waals surface area contributed by atoms with Gasteiger partial charge in [-0.25, -0.2) is 8.78 Å². The Balaban J connectivity index is 0.00000208. The van der Waals surface area contributed by atoms with Crippen LogP contribution in [-0.4, -0.2) is 37.4 Å². The van der Waals surface area contributed by atoms with Gasteiger partial charge in [-0.2, -0.15) is 0 Å². The molecule has 0 aliphatic carbocycles. The van der Waals surface area contributed by atoms with Crippen molar-refractivity contribution in [2.75, 3.05) is 18.5 Å². The van der Waals surface area contributed by atoms with E-state index in [1.807, 2.05) is 18.2 Å². The van der Waals surface area contributed by atoms with Crippen molar-refractivity contribution in [3.8, 4) is 0 Å². The molecule has 2 N–H and O–H groups in total. The van der Waals surface area contributed by atoms with Gasteiger partial charge in [0.25, 0.3) is 5.92 Å². The summed E-state index contributed by atoms with van der Waals surface area (Å²) in [6.07, 6.45) is -0.133. The zero-order chi connectivity index (χ0) is 16.8. The van der Waals surface area contributed by atoms with Crippen LogP contribution in [0.15, 0.2) is 18.2 Å². The van der Waals surface area contributed by atoms with Gasteiger partial charge in [0.1, 0.15) is 0 Å². The van der Waals surface area contributed by atoms with Crippen LogP contribution in [0, 0.1) is 0 Å². The summed E-state index contributed by atoms with van der Waals surface area (Å²) >= 11 is 0. The average Bonchev–Trinajstić information content (AvgIpc) is 2.99. The second kappa shape index (κ2) is 6.64. The predicted octanol–water partition coefficient (Wildman–Crippen LogP) is 1.80. The number of rotatable bonds is 3. The van der Waals surface area contributed by atoms with E-state index in [1.165, 1.54) is 0 Å². The number of nitrogens with one attached hydrogen (secondary N) is 2. The lowest BCUT2D eigenvalue weighted by Crippen LogP contribution is -2.41. The quantitative estimate of drug-likeness (QED) is 0.865. The predicted molar refractivity (Wildman–Crippen MR) is 88.7 cm³/mol. The first-order valence-electron chi connectivity index (χ1n) is 7.58. The van der Waals surface area contributed by atoms with Gasteiger partial charge in [0, 0.05) is 19.2 Å². The summed E-state index contributed by atoms with van der Waals surface area (Å²) in [5.74, 6) is -3.22. The molecule has 2 amide bonds. The van der Waals surface area contributed by atoms with Crippen molar-refractivity contribution in [2.24, 2.45) is 0 Å². The Labute approximate surface area is 145 Å². The number of carbonyl (C=O) groups excluding carboxylic acids is 2. The number of alkyl halides is 2. The lowest BCUT2D eigenvalue weighted by molar-refractivity contribution is -0.124. The van der Waals surface area contributed by atoms with Gasteiger partial charge in [-0.1, -0.05) is 12.1 Å². The highest BCUT2D eigenvalue weighted by molar-refractivity contribution is 6.01. The van der Waals surface area contributed by atoms with Crippen molar-refractivity contribution in [1.82, 2.24) is 10.6 Å². The van der Waals surface area contributed by atoms with Crippen LogP contribution in [0.5, 0.6) is 0 Å². The van der Waals surface area contributed by atoms with Crippen molar-refractivity contribution in [1.29, 1.82) is 0 Å². The molecular formula is C16H20ClF2N3O2. The first-order chi connectivity index (χ1) is 10.8. The fourth-order valence-corrected chi connectivity index (χ4v) is 3.06. The summed E-state index contributed by atoms with van der Waals surface area (Å²) in [7, 11) is 1.73. The third-order valence-electron chi connectivity index (χ3n) is 4.47. The highest BCUT2D eigenvalue weighted by Gasteiger charge is 2.42. The van der Waals surface area contributed by atoms with Gasteiger partial charge in [-0.3, -0.25) is 14.9 Å². The molecule has 8 heteroatoms. The number of anilines is 1. The molecule has 2 heterocycles. The molecular weight excluding hydrogens is 340 g/mol. The number of likely N-dealkylation sites (N-methyl/N-ethyl adjacent to an activating group) is 1. The molecule has 24 heavy (non-hydrogen) atoms. The van der Waals surface area contributed by atoms with E-state index in [-0.39, 0.29) is 24.4 Å². The average molecular weight is 360 g/mol. The van der Waals surface area contributed by atoms with Crippen LogP contribution in [0.2, 0.25) is 0 Å². The summed E-state index contributed by atoms with van der Waals surface area (Å²) in [6, 6.07) is 4.40. The fourth-order valence-electron chi connectivity index (χ4n) is 3.06. The van der Waals surface area contributed by atoms with Crippen molar-refractivity contribution in [2.45, 2.75) is 37.8 Å². The van der Waals surface area contributed by atoms with Gasteiger partial charge in [0.2, 0.25) is 11.8 Å². The lowest BCUT2D eigenvalue weighted by Gasteiger charge is -2.18. The van der Waals surface area contributed by atoms with E-state index in [0.717, 1.165) is 16.8 Å². The number of hydrogen-bond acceptors (Lipinski definition) is 3. The van der Waals surface area contributed by atoms with Crippen molar-refractivity contribution >= 4 is 29.9 Å². The minimum absolute atomic E-state index is 0. The number of hydrogen-bond donors (Lipinski definition) is 2. The second-order valence-electron chi connectivity index (χ2n) is 6.24. The molecule has 0 saturated carbocycles. The smallest absolute Gasteiger partial charge is 0.262 e. The van der Waals surface area contributed by atoms with Crippen LogP contribution >= 0.6 is 12.4 Å². The van der Waals surface area contributed by atoms with Crippen molar-refractivity contribution in [3.05, 3.63) is 29.3 Å². The molecule has 0 aromatic heterocycles. The Kier molecular flexibility index (Phi) is 5.15. The van der Waals surface area contributed by atoms with Crippen LogP contribution in [0.3, 0.4) is 0 Å². The maximum atomic E-state index is 13.2. The third kappa shape index (κ3) is 3.52. The molecule has 0 bridgehead atoms. The number of carbonyl (C=O) groups is 2. The highest BCUT2D eigenvalue weighted by atomic mass is 35.5. The Morgan fingerprint density at radius 1 is 1.46 bits per heavy atom. The minimum Gasteiger partial charge on any atom is -0.348 e. The Bertz CT molecular complexity index is 669. The van der Waals surface area contributed by atoms with Crippen LogP contribution < -0.4 is 15.5 Å². The molecule has 1 fully saturated rings. The summed E-state index contributed by atoms with van der Waals surface area (Å²) in [6.45, 7) is 1.33. The summed E-state index contributed by atoms with van der Waals surface area (Å²) in [5.41, 5.74) is 2.64. The number of fused-ring (bicyclic) bond motifs is 1. The van der Waals surface area contributed by atoms with E-state index in [2.05, 4.69) is 10.6 Å². The van der Waals surface area contributed by atoms with Crippen molar-refractivity contribution < 1.29 is 18.4 Å². The maximum absolute atomic E-state index is 13.2. The van der Waals surface area contributed by atoms with Crippen LogP contribution in [0.4, 0.5) is 14.5 Å². The minimum atomic E-state index is -2.83. The van der Waals surface area contributed by atoms with Gasteiger partial charge in [-0.05, 0) is 24.1 Å². The lowest BCUT2D eigenvalue weighted by atomic mass is 10.0. The standard InChI is InChI=1S/C16H19F2N3O2.ClH/c1-9(20-15(23)12-7-16(17,18)8-19-12)10-3-4-13-11(5-10)6-14(22)21(13)2;/h3-5,9,12,19H,6-8H2,1-2H3,(H,20,23);1H. The monoisotopic (exact) mass is 359 g/mol. The number of nitrogens with zero attached hydrogens (tertiary/aromatic N) is 1. The number of halogens is 3. The zero-order valence-corrected chi connectivity index (χ0v) is 14.3. The molecule has 2 aliphatic heterocycles. The summed E-state index contributed by atoms with van der Waals surface area (Å²) < 4.78 is 26.3. The highest BCUT2D eigenvalue weighted by Crippen LogP contribution is 2.30. The van der Waals surface area contributed by atoms with Gasteiger partial charge in [0.15, 0.2) is 0 Å². The molecule has 2 unspecified atom stereocenters. The molecule has 132 valence electrons. The Morgan fingerprint density at radius 3 is 2.79 bits per heavy atom. The molecule has 2 atom stereocenters. The molecule has 3 rings (SSSR count). The first kappa shape index (κ1) is 18.6. The Hall–Kier alpha value is -1.73. The zero-order valence-electron chi connectivity index (χ0n) is 13.4. The van der Waals surface area contributed by atoms with Gasteiger partial charge < -0.3 is 10.2 Å². The largest absolute Gasteiger partial charge is 0.348 e. The molecule has 2 aliphatic rings. The van der Waals surface area contributed by atoms with E-state index in [4.69, 9.17) is 0 Å². The van der Waals surface area contributed by atoms with E-state index in [0.29, 0.717) is 6.42 Å². The first-order valence-corrected chi connectivity index (χ1v) is 7.58. The third-order valence-corrected chi connectivity index (χ3v) is 4.47. The van der Waals surface area contributed by atoms with Gasteiger partial charge >= 0.3 is 0 Å². The van der Waals surface area contributed by atoms with Gasteiger partial charge in [0.05, 0.1) is 25.0 Å². The van der Waals surface area contributed by atoms with Crippen LogP contribution in [0.25, 0.3) is 0 Å². The van der Waals surface area contributed by atoms with E-state index in [1.54, 1.807) is 18.9 Å². The summed E-state index contributed by atoms with van der Waals surface area (Å²) in [5, 5.41) is 5.30. The van der Waals surface area contributed by atoms with Gasteiger partial charge in [-0.15, -0.1) is 12.4 Å². The molecule has 5 nitrogen and oxygen atoms in total. The normalized spacial score (nSPS) is 22.8. The molecule has 0 spiro atoms. The molecule has 0 radical (unpaired) electrons. The van der Waals surface area contributed by atoms with E-state index in [9.17, 15) is 18.4 Å². The topological polar surface area (TPSA) is 61.4 Å². The molecule has 1 saturated heterocycles. The van der Waals surface area contributed by atoms with Crippen molar-refractivity contribution in [3.63, 3.8) is 0 Å². The van der Waals surface area contributed by atoms with E-state index >= 15 is 0 Å². The maximum Gasteiger partial charge on any atom is 0.262 e. The van der Waals surface area contributed by atoms with E-state index < -0.39 is 30.8 Å². The summed E-state index contributed by atoms with van der Waals surface area (Å²) in [4.78, 5) is 25.4. The molecule has 1 aromatic carbocycles. The number of benzene rings is 1. The Morgan fingerprint density at radius 2 is 2.17 bits per heavy atom. The van der Waals surface area contributed by atoms with Crippen LogP contribution in [-0.2, 0) is 16.0 Å². The molecule has 1 aromatic rings. The van der Waals surface area contributed by atoms with Crippen LogP contribution in [0.1, 0.15) is 30.5 Å². The number of amides is 2. The fraction of sp³-hybridized carbons (Fsp3) is 0.500.